The van der Waals surface area contributed by atoms with Gasteiger partial charge in [0.05, 0.1) is 5.69 Å². The number of carbonyl (C=O) groups is 1. The second-order valence-corrected chi connectivity index (χ2v) is 3.73. The summed E-state index contributed by atoms with van der Waals surface area (Å²) in [6.45, 7) is 1.91. The summed E-state index contributed by atoms with van der Waals surface area (Å²) in [6, 6.07) is 3.67. The molecule has 0 atom stereocenters. The molecule has 0 aliphatic rings. The van der Waals surface area contributed by atoms with Gasteiger partial charge in [-0.15, -0.1) is 11.6 Å². The molecule has 0 aliphatic heterocycles. The number of imidazole rings is 1. The molecule has 0 unspecified atom stereocenters. The van der Waals surface area contributed by atoms with E-state index in [-0.39, 0.29) is 5.69 Å². The molecule has 2 aromatic heterocycles. The van der Waals surface area contributed by atoms with Crippen molar-refractivity contribution < 1.29 is 9.90 Å². The van der Waals surface area contributed by atoms with E-state index in [4.69, 9.17) is 16.7 Å². The molecular weight excluding hydrogens is 228 g/mol. The van der Waals surface area contributed by atoms with Crippen LogP contribution in [0.3, 0.4) is 0 Å². The molecule has 2 aromatic rings. The molecule has 5 heteroatoms. The fraction of sp³-hybridized carbons (Fsp3) is 0.273. The predicted octanol–water partition coefficient (Wildman–Crippen LogP) is 2.33. The van der Waals surface area contributed by atoms with E-state index in [0.717, 1.165) is 5.56 Å². The summed E-state index contributed by atoms with van der Waals surface area (Å²) in [7, 11) is 0. The third-order valence-electron chi connectivity index (χ3n) is 2.48. The Hall–Kier alpha value is -1.55. The molecule has 4 nitrogen and oxygen atoms in total. The SMILES string of the molecule is CCc1c(C(=O)O)nc2cc(CCl)ccn12. The number of hydrogen-bond acceptors (Lipinski definition) is 2. The zero-order valence-corrected chi connectivity index (χ0v) is 9.53. The Bertz CT molecular complexity index is 548. The smallest absolute Gasteiger partial charge is 0.356 e. The van der Waals surface area contributed by atoms with Crippen molar-refractivity contribution in [2.75, 3.05) is 0 Å². The number of aryl methyl sites for hydroxylation is 1. The van der Waals surface area contributed by atoms with Crippen LogP contribution in [0, 0.1) is 0 Å². The van der Waals surface area contributed by atoms with Gasteiger partial charge in [-0.3, -0.25) is 0 Å². The minimum atomic E-state index is -0.993. The Morgan fingerprint density at radius 1 is 1.62 bits per heavy atom. The van der Waals surface area contributed by atoms with E-state index in [2.05, 4.69) is 4.98 Å². The van der Waals surface area contributed by atoms with Crippen molar-refractivity contribution in [1.82, 2.24) is 9.38 Å². The molecule has 1 N–H and O–H groups in total. The van der Waals surface area contributed by atoms with Crippen molar-refractivity contribution in [2.24, 2.45) is 0 Å². The van der Waals surface area contributed by atoms with Gasteiger partial charge in [0.15, 0.2) is 5.69 Å². The van der Waals surface area contributed by atoms with Crippen molar-refractivity contribution in [2.45, 2.75) is 19.2 Å². The summed E-state index contributed by atoms with van der Waals surface area (Å²) >= 11 is 5.72. The average Bonchev–Trinajstić information content (AvgIpc) is 2.66. The predicted molar refractivity (Wildman–Crippen MR) is 61.1 cm³/mol. The van der Waals surface area contributed by atoms with Gasteiger partial charge in [0.25, 0.3) is 0 Å². The van der Waals surface area contributed by atoms with Gasteiger partial charge in [-0.25, -0.2) is 9.78 Å². The third-order valence-corrected chi connectivity index (χ3v) is 2.79. The first-order chi connectivity index (χ1) is 7.67. The molecule has 0 radical (unpaired) electrons. The molecule has 0 saturated carbocycles. The number of carboxylic acids is 1. The Labute approximate surface area is 97.5 Å². The highest BCUT2D eigenvalue weighted by Gasteiger charge is 2.16. The molecule has 16 heavy (non-hydrogen) atoms. The number of rotatable bonds is 3. The Morgan fingerprint density at radius 2 is 2.38 bits per heavy atom. The summed E-state index contributed by atoms with van der Waals surface area (Å²) in [5, 5.41) is 9.02. The summed E-state index contributed by atoms with van der Waals surface area (Å²) in [5.74, 6) is -0.597. The molecule has 0 bridgehead atoms. The van der Waals surface area contributed by atoms with Crippen LogP contribution >= 0.6 is 11.6 Å². The lowest BCUT2D eigenvalue weighted by molar-refractivity contribution is 0.0690. The summed E-state index contributed by atoms with van der Waals surface area (Å²) in [5.41, 5.74) is 2.39. The standard InChI is InChI=1S/C11H11ClN2O2/c1-2-8-10(11(15)16)13-9-5-7(6-12)3-4-14(8)9/h3-5H,2,6H2,1H3,(H,15,16). The van der Waals surface area contributed by atoms with Crippen molar-refractivity contribution >= 4 is 23.2 Å². The molecule has 0 spiro atoms. The Morgan fingerprint density at radius 3 is 2.94 bits per heavy atom. The lowest BCUT2D eigenvalue weighted by Crippen LogP contribution is -2.02. The molecule has 0 aliphatic carbocycles. The van der Waals surface area contributed by atoms with Crippen LogP contribution in [-0.4, -0.2) is 20.5 Å². The van der Waals surface area contributed by atoms with Crippen LogP contribution in [0.5, 0.6) is 0 Å². The number of aromatic nitrogens is 2. The van der Waals surface area contributed by atoms with Crippen LogP contribution in [0.1, 0.15) is 28.7 Å². The molecule has 2 heterocycles. The fourth-order valence-electron chi connectivity index (χ4n) is 1.73. The van der Waals surface area contributed by atoms with Crippen LogP contribution < -0.4 is 0 Å². The van der Waals surface area contributed by atoms with E-state index in [1.54, 1.807) is 10.5 Å². The van der Waals surface area contributed by atoms with E-state index in [1.165, 1.54) is 0 Å². The van der Waals surface area contributed by atoms with E-state index < -0.39 is 5.97 Å². The summed E-state index contributed by atoms with van der Waals surface area (Å²) < 4.78 is 1.79. The van der Waals surface area contributed by atoms with Crippen molar-refractivity contribution in [3.63, 3.8) is 0 Å². The topological polar surface area (TPSA) is 54.6 Å². The van der Waals surface area contributed by atoms with E-state index >= 15 is 0 Å². The quantitative estimate of drug-likeness (QED) is 0.835. The van der Waals surface area contributed by atoms with Gasteiger partial charge in [-0.05, 0) is 24.1 Å². The van der Waals surface area contributed by atoms with Gasteiger partial charge >= 0.3 is 5.97 Å². The van der Waals surface area contributed by atoms with Crippen LogP contribution in [0.4, 0.5) is 0 Å². The first-order valence-electron chi connectivity index (χ1n) is 4.96. The van der Waals surface area contributed by atoms with Crippen LogP contribution in [0.25, 0.3) is 5.65 Å². The van der Waals surface area contributed by atoms with Gasteiger partial charge in [-0.1, -0.05) is 6.92 Å². The van der Waals surface area contributed by atoms with Gasteiger partial charge in [0, 0.05) is 12.1 Å². The molecule has 84 valence electrons. The van der Waals surface area contributed by atoms with Gasteiger partial charge in [-0.2, -0.15) is 0 Å². The highest BCUT2D eigenvalue weighted by atomic mass is 35.5. The summed E-state index contributed by atoms with van der Waals surface area (Å²) in [6.07, 6.45) is 2.44. The highest BCUT2D eigenvalue weighted by Crippen LogP contribution is 2.16. The molecular formula is C11H11ClN2O2. The fourth-order valence-corrected chi connectivity index (χ4v) is 1.90. The highest BCUT2D eigenvalue weighted by molar-refractivity contribution is 6.17. The Balaban J connectivity index is 2.71. The molecule has 0 amide bonds. The number of carboxylic acid groups (broad SMARTS) is 1. The largest absolute Gasteiger partial charge is 0.476 e. The van der Waals surface area contributed by atoms with Gasteiger partial charge in [0.2, 0.25) is 0 Å². The zero-order valence-electron chi connectivity index (χ0n) is 8.77. The normalized spacial score (nSPS) is 10.9. The van der Waals surface area contributed by atoms with Crippen LogP contribution in [-0.2, 0) is 12.3 Å². The summed E-state index contributed by atoms with van der Waals surface area (Å²) in [4.78, 5) is 15.1. The average molecular weight is 239 g/mol. The maximum Gasteiger partial charge on any atom is 0.356 e. The van der Waals surface area contributed by atoms with Crippen LogP contribution in [0.2, 0.25) is 0 Å². The number of aromatic carboxylic acids is 1. The number of halogens is 1. The van der Waals surface area contributed by atoms with Crippen molar-refractivity contribution in [3.8, 4) is 0 Å². The van der Waals surface area contributed by atoms with E-state index in [1.807, 2.05) is 19.2 Å². The first kappa shape index (κ1) is 11.0. The lowest BCUT2D eigenvalue weighted by atomic mass is 10.2. The molecule has 0 aromatic carbocycles. The van der Waals surface area contributed by atoms with E-state index in [9.17, 15) is 4.79 Å². The van der Waals surface area contributed by atoms with Crippen LogP contribution in [0.15, 0.2) is 18.3 Å². The maximum atomic E-state index is 11.0. The Kier molecular flexibility index (Phi) is 2.83. The molecule has 2 rings (SSSR count). The van der Waals surface area contributed by atoms with Crippen molar-refractivity contribution in [1.29, 1.82) is 0 Å². The first-order valence-corrected chi connectivity index (χ1v) is 5.50. The molecule has 0 fully saturated rings. The molecule has 0 saturated heterocycles. The second kappa shape index (κ2) is 4.14. The van der Waals surface area contributed by atoms with E-state index in [0.29, 0.717) is 23.6 Å². The number of nitrogens with zero attached hydrogens (tertiary/aromatic N) is 2. The monoisotopic (exact) mass is 238 g/mol. The minimum Gasteiger partial charge on any atom is -0.476 e. The number of alkyl halides is 1. The second-order valence-electron chi connectivity index (χ2n) is 3.46. The zero-order chi connectivity index (χ0) is 11.7. The number of pyridine rings is 1. The third kappa shape index (κ3) is 1.65. The number of hydrogen-bond donors (Lipinski definition) is 1. The maximum absolute atomic E-state index is 11.0. The number of fused-ring (bicyclic) bond motifs is 1. The van der Waals surface area contributed by atoms with Gasteiger partial charge in [0.1, 0.15) is 5.65 Å². The van der Waals surface area contributed by atoms with Crippen molar-refractivity contribution in [3.05, 3.63) is 35.3 Å². The van der Waals surface area contributed by atoms with Gasteiger partial charge < -0.3 is 9.51 Å². The minimum absolute atomic E-state index is 0.120. The lowest BCUT2D eigenvalue weighted by Gasteiger charge is -2.00.